The molecule has 2 aliphatic heterocycles. The fourth-order valence-electron chi connectivity index (χ4n) is 5.12. The van der Waals surface area contributed by atoms with E-state index in [0.717, 1.165) is 46.2 Å². The quantitative estimate of drug-likeness (QED) is 0.334. The summed E-state index contributed by atoms with van der Waals surface area (Å²) in [5.41, 5.74) is -0.0563. The van der Waals surface area contributed by atoms with Gasteiger partial charge in [-0.3, -0.25) is 28.7 Å². The summed E-state index contributed by atoms with van der Waals surface area (Å²) in [4.78, 5) is 58.5. The van der Waals surface area contributed by atoms with Gasteiger partial charge in [0.15, 0.2) is 0 Å². The molecule has 208 valence electrons. The van der Waals surface area contributed by atoms with E-state index in [1.807, 2.05) is 0 Å². The Hall–Kier alpha value is -4.23. The summed E-state index contributed by atoms with van der Waals surface area (Å²) in [6, 6.07) is 16.1. The lowest BCUT2D eigenvalue weighted by atomic mass is 9.84. The van der Waals surface area contributed by atoms with E-state index < -0.39 is 51.4 Å². The Balaban J connectivity index is 1.41. The van der Waals surface area contributed by atoms with Crippen LogP contribution in [0.1, 0.15) is 21.9 Å². The number of carbonyl (C=O) groups excluding carboxylic acids is 3. The smallest absolute Gasteiger partial charge is 0.325 e. The van der Waals surface area contributed by atoms with Crippen molar-refractivity contribution >= 4 is 52.2 Å². The molecule has 2 aromatic heterocycles. The number of pyridine rings is 1. The number of carbonyl (C=O) groups is 3. The maximum Gasteiger partial charge on any atom is 0.416 e. The van der Waals surface area contributed by atoms with Crippen LogP contribution in [0.4, 0.5) is 24.5 Å². The van der Waals surface area contributed by atoms with Crippen LogP contribution in [0.15, 0.2) is 88.9 Å². The minimum Gasteiger partial charge on any atom is -0.325 e. The van der Waals surface area contributed by atoms with Crippen molar-refractivity contribution in [2.24, 2.45) is 5.92 Å². The number of hydrogen-bond donors (Lipinski definition) is 1. The van der Waals surface area contributed by atoms with Gasteiger partial charge in [-0.15, -0.1) is 0 Å². The van der Waals surface area contributed by atoms with E-state index in [1.54, 1.807) is 42.5 Å². The summed E-state index contributed by atoms with van der Waals surface area (Å²) < 4.78 is 41.6. The third-order valence-electron chi connectivity index (χ3n) is 6.88. The number of rotatable bonds is 5. The van der Waals surface area contributed by atoms with Crippen LogP contribution in [0.3, 0.4) is 0 Å². The van der Waals surface area contributed by atoms with Gasteiger partial charge in [-0.2, -0.15) is 13.2 Å². The molecule has 2 aliphatic rings. The lowest BCUT2D eigenvalue weighted by molar-refractivity contribution is -0.137. The summed E-state index contributed by atoms with van der Waals surface area (Å²) in [6.07, 6.45) is -1.59. The molecule has 3 atom stereocenters. The monoisotopic (exact) mass is 596 g/mol. The minimum atomic E-state index is -4.66. The molecule has 0 saturated carbocycles. The third kappa shape index (κ3) is 4.84. The van der Waals surface area contributed by atoms with Crippen LogP contribution in [-0.4, -0.2) is 32.5 Å². The van der Waals surface area contributed by atoms with Gasteiger partial charge < -0.3 is 5.32 Å². The first-order valence-electron chi connectivity index (χ1n) is 12.3. The Morgan fingerprint density at radius 3 is 2.46 bits per heavy atom. The van der Waals surface area contributed by atoms with Crippen LogP contribution < -0.4 is 15.1 Å². The number of halogens is 3. The average Bonchev–Trinajstić information content (AvgIpc) is 3.39. The molecular weight excluding hydrogens is 577 g/mol. The number of fused-ring (bicyclic) bond motifs is 2. The molecule has 13 heteroatoms. The maximum atomic E-state index is 13.8. The number of anilines is 2. The van der Waals surface area contributed by atoms with Gasteiger partial charge >= 0.3 is 11.0 Å². The van der Waals surface area contributed by atoms with Crippen molar-refractivity contribution in [1.29, 1.82) is 0 Å². The molecule has 0 bridgehead atoms. The fourth-order valence-corrected chi connectivity index (χ4v) is 7.89. The molecule has 41 heavy (non-hydrogen) atoms. The molecule has 4 heterocycles. The number of hydrogen-bond acceptors (Lipinski definition) is 7. The summed E-state index contributed by atoms with van der Waals surface area (Å²) in [6.45, 7) is -0.330. The zero-order valence-electron chi connectivity index (χ0n) is 20.9. The Bertz CT molecular complexity index is 1720. The number of nitrogens with one attached hydrogen (secondary N) is 1. The molecule has 6 rings (SSSR count). The molecular formula is C28H19F3N4O4S2. The largest absolute Gasteiger partial charge is 0.416 e. The standard InChI is InChI=1S/C28H19F3N4O4S2/c29-28(30,31)16-7-4-10-18(12-16)35-24(37)21-20(15-6-5-11-32-13-15)23-26(40-22(21)25(35)38)34(27(39)41-23)14-19(36)33-17-8-2-1-3-9-17/h1-13,20-22H,14H2,(H,33,36)/t20-,21+,22-/m0/s1. The number of amides is 3. The van der Waals surface area contributed by atoms with Crippen molar-refractivity contribution in [3.63, 3.8) is 0 Å². The number of aromatic nitrogens is 2. The van der Waals surface area contributed by atoms with Crippen molar-refractivity contribution in [2.75, 3.05) is 10.2 Å². The maximum absolute atomic E-state index is 13.8. The minimum absolute atomic E-state index is 0.183. The number of thiazole rings is 1. The third-order valence-corrected chi connectivity index (χ3v) is 9.49. The van der Waals surface area contributed by atoms with E-state index in [4.69, 9.17) is 0 Å². The van der Waals surface area contributed by atoms with Gasteiger partial charge in [0.2, 0.25) is 17.7 Å². The number of imide groups is 1. The highest BCUT2D eigenvalue weighted by molar-refractivity contribution is 8.00. The van der Waals surface area contributed by atoms with Crippen LogP contribution >= 0.6 is 23.1 Å². The van der Waals surface area contributed by atoms with Gasteiger partial charge in [0.05, 0.1) is 22.2 Å². The Morgan fingerprint density at radius 2 is 1.76 bits per heavy atom. The van der Waals surface area contributed by atoms with E-state index in [0.29, 0.717) is 21.2 Å². The van der Waals surface area contributed by atoms with Gasteiger partial charge in [0.25, 0.3) is 0 Å². The van der Waals surface area contributed by atoms with Crippen LogP contribution in [0, 0.1) is 5.92 Å². The number of alkyl halides is 3. The van der Waals surface area contributed by atoms with E-state index in [-0.39, 0.29) is 12.2 Å². The lowest BCUT2D eigenvalue weighted by Gasteiger charge is -2.30. The fraction of sp³-hybridized carbons (Fsp3) is 0.179. The van der Waals surface area contributed by atoms with Crippen molar-refractivity contribution < 1.29 is 27.6 Å². The summed E-state index contributed by atoms with van der Waals surface area (Å²) in [5.74, 6) is -3.58. The number of para-hydroxylation sites is 1. The summed E-state index contributed by atoms with van der Waals surface area (Å²) in [7, 11) is 0. The molecule has 8 nitrogen and oxygen atoms in total. The molecule has 0 unspecified atom stereocenters. The predicted octanol–water partition coefficient (Wildman–Crippen LogP) is 4.76. The molecule has 1 saturated heterocycles. The lowest BCUT2D eigenvalue weighted by Crippen LogP contribution is -2.33. The second-order valence-corrected chi connectivity index (χ2v) is 11.5. The Labute approximate surface area is 238 Å². The van der Waals surface area contributed by atoms with Crippen molar-refractivity contribution in [1.82, 2.24) is 9.55 Å². The normalized spacial score (nSPS) is 20.1. The van der Waals surface area contributed by atoms with Gasteiger partial charge in [0, 0.05) is 28.9 Å². The zero-order valence-corrected chi connectivity index (χ0v) is 22.5. The van der Waals surface area contributed by atoms with Gasteiger partial charge in [0.1, 0.15) is 11.8 Å². The number of nitrogens with zero attached hydrogens (tertiary/aromatic N) is 3. The van der Waals surface area contributed by atoms with E-state index >= 15 is 0 Å². The molecule has 0 radical (unpaired) electrons. The highest BCUT2D eigenvalue weighted by Crippen LogP contribution is 2.53. The topological polar surface area (TPSA) is 101 Å². The average molecular weight is 597 g/mol. The van der Waals surface area contributed by atoms with Crippen LogP contribution in [-0.2, 0) is 27.1 Å². The van der Waals surface area contributed by atoms with Crippen molar-refractivity contribution in [3.05, 3.63) is 105 Å². The Kier molecular flexibility index (Phi) is 6.78. The summed E-state index contributed by atoms with van der Waals surface area (Å²) in [5, 5.41) is 2.06. The van der Waals surface area contributed by atoms with Crippen molar-refractivity contribution in [2.45, 2.75) is 28.9 Å². The predicted molar refractivity (Wildman–Crippen MR) is 147 cm³/mol. The number of thioether (sulfide) groups is 1. The highest BCUT2D eigenvalue weighted by atomic mass is 32.2. The molecule has 2 aromatic carbocycles. The Morgan fingerprint density at radius 1 is 0.976 bits per heavy atom. The SMILES string of the molecule is O=C(Cn1c2c(sc1=O)[C@@H](c1cccnc1)[C@H]1C(=O)N(c3cccc(C(F)(F)F)c3)C(=O)[C@H]1S2)Nc1ccccc1. The molecule has 1 fully saturated rings. The van der Waals surface area contributed by atoms with Gasteiger partial charge in [-0.25, -0.2) is 4.90 Å². The summed E-state index contributed by atoms with van der Waals surface area (Å²) >= 11 is 1.85. The first-order valence-corrected chi connectivity index (χ1v) is 14.0. The second kappa shape index (κ2) is 10.3. The van der Waals surface area contributed by atoms with Crippen LogP contribution in [0.2, 0.25) is 0 Å². The molecule has 3 amide bonds. The molecule has 0 spiro atoms. The molecule has 1 N–H and O–H groups in total. The molecule has 0 aliphatic carbocycles. The number of benzene rings is 2. The molecule has 4 aromatic rings. The zero-order chi connectivity index (χ0) is 28.9. The second-order valence-electron chi connectivity index (χ2n) is 9.43. The first-order chi connectivity index (χ1) is 19.6. The first kappa shape index (κ1) is 27.0. The highest BCUT2D eigenvalue weighted by Gasteiger charge is 2.57. The van der Waals surface area contributed by atoms with Gasteiger partial charge in [-0.1, -0.05) is 53.4 Å². The van der Waals surface area contributed by atoms with Gasteiger partial charge in [-0.05, 0) is 42.0 Å². The van der Waals surface area contributed by atoms with E-state index in [9.17, 15) is 32.3 Å². The van der Waals surface area contributed by atoms with E-state index in [1.165, 1.54) is 23.0 Å². The van der Waals surface area contributed by atoms with E-state index in [2.05, 4.69) is 10.3 Å². The van der Waals surface area contributed by atoms with Crippen molar-refractivity contribution in [3.8, 4) is 0 Å². The van der Waals surface area contributed by atoms with Crippen LogP contribution in [0.5, 0.6) is 0 Å². The van der Waals surface area contributed by atoms with Crippen LogP contribution in [0.25, 0.3) is 0 Å².